The third kappa shape index (κ3) is 4.40. The Kier molecular flexibility index (Phi) is 5.44. The highest BCUT2D eigenvalue weighted by molar-refractivity contribution is 6.62. The van der Waals surface area contributed by atoms with E-state index < -0.39 is 18.3 Å². The summed E-state index contributed by atoms with van der Waals surface area (Å²) >= 11 is 0. The van der Waals surface area contributed by atoms with Crippen molar-refractivity contribution in [2.75, 3.05) is 7.05 Å². The van der Waals surface area contributed by atoms with Gasteiger partial charge in [0.25, 0.3) is 0 Å². The van der Waals surface area contributed by atoms with Crippen LogP contribution in [-0.4, -0.2) is 35.3 Å². The topological polar surface area (TPSA) is 34.6 Å². The van der Waals surface area contributed by atoms with Gasteiger partial charge in [0.05, 0.1) is 16.9 Å². The van der Waals surface area contributed by atoms with E-state index in [-0.39, 0.29) is 5.82 Å². The summed E-state index contributed by atoms with van der Waals surface area (Å²) in [4.78, 5) is 6.55. The average Bonchev–Trinajstić information content (AvgIpc) is 2.77. The first-order valence-corrected chi connectivity index (χ1v) is 9.32. The molecule has 0 atom stereocenters. The number of pyridine rings is 1. The van der Waals surface area contributed by atoms with Crippen LogP contribution in [0.15, 0.2) is 36.4 Å². The summed E-state index contributed by atoms with van der Waals surface area (Å²) < 4.78 is 26.7. The normalized spacial score (nSPS) is 18.3. The Morgan fingerprint density at radius 1 is 1.04 bits per heavy atom. The average molecular weight is 370 g/mol. The number of benzene rings is 1. The van der Waals surface area contributed by atoms with Crippen LogP contribution in [0.3, 0.4) is 0 Å². The Morgan fingerprint density at radius 3 is 2.30 bits per heavy atom. The quantitative estimate of drug-likeness (QED) is 0.755. The number of hydrogen-bond acceptors (Lipinski definition) is 4. The van der Waals surface area contributed by atoms with Crippen LogP contribution >= 0.6 is 0 Å². The lowest BCUT2D eigenvalue weighted by atomic mass is 9.78. The number of hydrogen-bond donors (Lipinski definition) is 0. The van der Waals surface area contributed by atoms with Gasteiger partial charge in [-0.15, -0.1) is 0 Å². The van der Waals surface area contributed by atoms with Gasteiger partial charge < -0.3 is 9.31 Å². The van der Waals surface area contributed by atoms with Crippen molar-refractivity contribution in [3.63, 3.8) is 0 Å². The van der Waals surface area contributed by atoms with Gasteiger partial charge in [-0.1, -0.05) is 18.2 Å². The molecule has 4 nitrogen and oxygen atoms in total. The third-order valence-corrected chi connectivity index (χ3v) is 5.42. The van der Waals surface area contributed by atoms with Crippen LogP contribution in [0.2, 0.25) is 0 Å². The number of halogens is 1. The number of aromatic nitrogens is 1. The number of nitrogens with zero attached hydrogens (tertiary/aromatic N) is 2. The zero-order chi connectivity index (χ0) is 19.8. The summed E-state index contributed by atoms with van der Waals surface area (Å²) in [5, 5.41) is 0. The Balaban J connectivity index is 1.68. The zero-order valence-corrected chi connectivity index (χ0v) is 17.0. The summed E-state index contributed by atoms with van der Waals surface area (Å²) in [5.41, 5.74) is 2.44. The van der Waals surface area contributed by atoms with Crippen molar-refractivity contribution in [2.45, 2.75) is 58.9 Å². The van der Waals surface area contributed by atoms with Crippen molar-refractivity contribution >= 4 is 12.6 Å². The van der Waals surface area contributed by atoms with E-state index in [1.54, 1.807) is 0 Å². The molecule has 27 heavy (non-hydrogen) atoms. The van der Waals surface area contributed by atoms with Crippen LogP contribution in [-0.2, 0) is 22.4 Å². The van der Waals surface area contributed by atoms with Crippen molar-refractivity contribution in [1.82, 2.24) is 9.88 Å². The van der Waals surface area contributed by atoms with Crippen LogP contribution < -0.4 is 5.46 Å². The number of rotatable bonds is 5. The van der Waals surface area contributed by atoms with E-state index in [2.05, 4.69) is 9.88 Å². The first kappa shape index (κ1) is 20.0. The fraction of sp³-hybridized carbons (Fsp3) is 0.476. The summed E-state index contributed by atoms with van der Waals surface area (Å²) in [5.74, 6) is -0.244. The van der Waals surface area contributed by atoms with Crippen molar-refractivity contribution in [3.8, 4) is 0 Å². The Labute approximate surface area is 161 Å². The zero-order valence-electron chi connectivity index (χ0n) is 17.0. The molecule has 1 aromatic heterocycles. The van der Waals surface area contributed by atoms with Crippen LogP contribution in [0.25, 0.3) is 0 Å². The molecule has 0 aliphatic carbocycles. The number of aryl methyl sites for hydroxylation is 1. The van der Waals surface area contributed by atoms with Gasteiger partial charge in [0.2, 0.25) is 0 Å². The van der Waals surface area contributed by atoms with E-state index in [9.17, 15) is 4.39 Å². The molecule has 2 heterocycles. The van der Waals surface area contributed by atoms with Crippen LogP contribution in [0.5, 0.6) is 0 Å². The van der Waals surface area contributed by atoms with E-state index in [0.717, 1.165) is 11.4 Å². The Bertz CT molecular complexity index is 810. The minimum atomic E-state index is -0.548. The molecule has 0 amide bonds. The molecular weight excluding hydrogens is 342 g/mol. The molecule has 2 aromatic rings. The van der Waals surface area contributed by atoms with Gasteiger partial charge in [0.1, 0.15) is 5.82 Å². The molecule has 1 saturated heterocycles. The van der Waals surface area contributed by atoms with Crippen molar-refractivity contribution in [1.29, 1.82) is 0 Å². The van der Waals surface area contributed by atoms with Gasteiger partial charge >= 0.3 is 7.12 Å². The molecule has 1 aromatic carbocycles. The molecule has 0 saturated carbocycles. The first-order chi connectivity index (χ1) is 12.6. The molecule has 3 rings (SSSR count). The predicted molar refractivity (Wildman–Crippen MR) is 106 cm³/mol. The van der Waals surface area contributed by atoms with Crippen molar-refractivity contribution < 1.29 is 13.7 Å². The van der Waals surface area contributed by atoms with Gasteiger partial charge in [-0.2, -0.15) is 0 Å². The summed E-state index contributed by atoms with van der Waals surface area (Å²) in [7, 11) is 1.42. The predicted octanol–water partition coefficient (Wildman–Crippen LogP) is 3.46. The standard InChI is InChI=1S/C21H28BFN2O2/c1-15-8-7-9-18(24-15)14-25(6)13-16-10-11-17(12-19(16)23)22-26-20(2,3)21(4,5)27-22/h7-12H,13-14H2,1-6H3. The molecule has 0 spiro atoms. The molecule has 0 N–H and O–H groups in total. The lowest BCUT2D eigenvalue weighted by Gasteiger charge is -2.32. The second kappa shape index (κ2) is 7.34. The second-order valence-electron chi connectivity index (χ2n) is 8.38. The highest BCUT2D eigenvalue weighted by Crippen LogP contribution is 2.36. The Hall–Kier alpha value is -1.76. The summed E-state index contributed by atoms with van der Waals surface area (Å²) in [6.07, 6.45) is 0. The van der Waals surface area contributed by atoms with Crippen LogP contribution in [0.4, 0.5) is 4.39 Å². The molecule has 0 bridgehead atoms. The molecule has 0 radical (unpaired) electrons. The lowest BCUT2D eigenvalue weighted by molar-refractivity contribution is 0.00578. The molecule has 144 valence electrons. The SMILES string of the molecule is Cc1cccc(CN(C)Cc2ccc(B3OC(C)(C)C(C)(C)O3)cc2F)n1. The molecule has 1 fully saturated rings. The third-order valence-electron chi connectivity index (χ3n) is 5.42. The van der Waals surface area contributed by atoms with Crippen LogP contribution in [0.1, 0.15) is 44.6 Å². The molecule has 0 unspecified atom stereocenters. The lowest BCUT2D eigenvalue weighted by Crippen LogP contribution is -2.41. The monoisotopic (exact) mass is 370 g/mol. The maximum atomic E-state index is 14.7. The molecule has 1 aliphatic heterocycles. The minimum absolute atomic E-state index is 0.244. The smallest absolute Gasteiger partial charge is 0.399 e. The van der Waals surface area contributed by atoms with Crippen molar-refractivity contribution in [3.05, 3.63) is 59.2 Å². The highest BCUT2D eigenvalue weighted by atomic mass is 19.1. The second-order valence-corrected chi connectivity index (χ2v) is 8.38. The van der Waals surface area contributed by atoms with E-state index in [0.29, 0.717) is 24.1 Å². The summed E-state index contributed by atoms with van der Waals surface area (Å²) in [6.45, 7) is 11.1. The summed E-state index contributed by atoms with van der Waals surface area (Å²) in [6, 6.07) is 11.2. The highest BCUT2D eigenvalue weighted by Gasteiger charge is 2.51. The van der Waals surface area contributed by atoms with Gasteiger partial charge in [-0.25, -0.2) is 4.39 Å². The van der Waals surface area contributed by atoms with E-state index in [1.807, 2.05) is 72.0 Å². The first-order valence-electron chi connectivity index (χ1n) is 9.32. The molecule has 6 heteroatoms. The van der Waals surface area contributed by atoms with Gasteiger partial charge in [0, 0.05) is 24.3 Å². The van der Waals surface area contributed by atoms with Crippen molar-refractivity contribution in [2.24, 2.45) is 0 Å². The van der Waals surface area contributed by atoms with Gasteiger partial charge in [0.15, 0.2) is 0 Å². The van der Waals surface area contributed by atoms with E-state index >= 15 is 0 Å². The van der Waals surface area contributed by atoms with Crippen LogP contribution in [0, 0.1) is 12.7 Å². The maximum Gasteiger partial charge on any atom is 0.494 e. The maximum absolute atomic E-state index is 14.7. The minimum Gasteiger partial charge on any atom is -0.399 e. The van der Waals surface area contributed by atoms with Gasteiger partial charge in [-0.3, -0.25) is 9.88 Å². The van der Waals surface area contributed by atoms with Gasteiger partial charge in [-0.05, 0) is 65.3 Å². The van der Waals surface area contributed by atoms with E-state index in [1.165, 1.54) is 6.07 Å². The Morgan fingerprint density at radius 2 is 1.70 bits per heavy atom. The fourth-order valence-electron chi connectivity index (χ4n) is 3.13. The van der Waals surface area contributed by atoms with E-state index in [4.69, 9.17) is 9.31 Å². The molecule has 1 aliphatic rings. The molecular formula is C21H28BFN2O2. The fourth-order valence-corrected chi connectivity index (χ4v) is 3.13. The largest absolute Gasteiger partial charge is 0.494 e.